The molecule has 0 aliphatic carbocycles. The lowest BCUT2D eigenvalue weighted by atomic mass is 10.0. The predicted octanol–water partition coefficient (Wildman–Crippen LogP) is 2.51. The molecule has 3 N–H and O–H groups in total. The van der Waals surface area contributed by atoms with Crippen LogP contribution in [0.3, 0.4) is 0 Å². The molecular weight excluding hydrogens is 214 g/mol. The number of nitrogens with two attached hydrogens (primary N) is 1. The maximum absolute atomic E-state index is 10.4. The van der Waals surface area contributed by atoms with Crippen molar-refractivity contribution in [1.29, 1.82) is 0 Å². The quantitative estimate of drug-likeness (QED) is 0.831. The van der Waals surface area contributed by atoms with Gasteiger partial charge in [-0.25, -0.2) is 0 Å². The van der Waals surface area contributed by atoms with Gasteiger partial charge < -0.3 is 10.8 Å². The van der Waals surface area contributed by atoms with Crippen molar-refractivity contribution in [2.75, 3.05) is 0 Å². The zero-order valence-electron chi connectivity index (χ0n) is 8.53. The van der Waals surface area contributed by atoms with E-state index in [9.17, 15) is 4.79 Å². The number of halogens is 1. The number of hydrogen-bond donors (Lipinski definition) is 2. The molecule has 0 aliphatic rings. The van der Waals surface area contributed by atoms with Crippen LogP contribution in [0.15, 0.2) is 18.2 Å². The molecule has 1 rings (SSSR count). The zero-order chi connectivity index (χ0) is 11.4. The highest BCUT2D eigenvalue weighted by Crippen LogP contribution is 2.21. The first-order chi connectivity index (χ1) is 7.00. The topological polar surface area (TPSA) is 63.3 Å². The smallest absolute Gasteiger partial charge is 0.303 e. The summed E-state index contributed by atoms with van der Waals surface area (Å²) in [4.78, 5) is 10.4. The molecule has 82 valence electrons. The third-order valence-electron chi connectivity index (χ3n) is 2.28. The fourth-order valence-electron chi connectivity index (χ4n) is 1.34. The normalized spacial score (nSPS) is 12.5. The Morgan fingerprint density at radius 1 is 1.60 bits per heavy atom. The molecule has 0 saturated heterocycles. The minimum absolute atomic E-state index is 0.0862. The van der Waals surface area contributed by atoms with Crippen LogP contribution in [0.25, 0.3) is 0 Å². The minimum Gasteiger partial charge on any atom is -0.481 e. The van der Waals surface area contributed by atoms with Crippen molar-refractivity contribution in [3.8, 4) is 0 Å². The summed E-state index contributed by atoms with van der Waals surface area (Å²) in [5.74, 6) is -0.823. The van der Waals surface area contributed by atoms with Crippen LogP contribution in [0.4, 0.5) is 0 Å². The van der Waals surface area contributed by atoms with Crippen molar-refractivity contribution in [3.63, 3.8) is 0 Å². The molecule has 15 heavy (non-hydrogen) atoms. The van der Waals surface area contributed by atoms with Gasteiger partial charge in [0, 0.05) is 17.5 Å². The Morgan fingerprint density at radius 2 is 2.27 bits per heavy atom. The molecule has 1 aromatic rings. The standard InChI is InChI=1S/C11H14ClNO2/c1-7-6-8(2-3-9(7)12)10(13)4-5-11(14)15/h2-3,6,10H,4-5,13H2,1H3,(H,14,15). The molecule has 1 atom stereocenters. The van der Waals surface area contributed by atoms with Gasteiger partial charge in [-0.1, -0.05) is 23.7 Å². The maximum Gasteiger partial charge on any atom is 0.303 e. The highest BCUT2D eigenvalue weighted by molar-refractivity contribution is 6.31. The Hall–Kier alpha value is -1.06. The summed E-state index contributed by atoms with van der Waals surface area (Å²) < 4.78 is 0. The third kappa shape index (κ3) is 3.53. The van der Waals surface area contributed by atoms with Crippen molar-refractivity contribution in [2.45, 2.75) is 25.8 Å². The number of carboxylic acid groups (broad SMARTS) is 1. The van der Waals surface area contributed by atoms with E-state index in [-0.39, 0.29) is 12.5 Å². The molecule has 0 fully saturated rings. The molecule has 3 nitrogen and oxygen atoms in total. The first-order valence-electron chi connectivity index (χ1n) is 4.74. The number of aliphatic carboxylic acids is 1. The van der Waals surface area contributed by atoms with E-state index in [1.165, 1.54) is 0 Å². The van der Waals surface area contributed by atoms with Crippen LogP contribution in [0, 0.1) is 6.92 Å². The molecule has 0 aliphatic heterocycles. The molecular formula is C11H14ClNO2. The first-order valence-corrected chi connectivity index (χ1v) is 5.12. The van der Waals surface area contributed by atoms with Crippen LogP contribution in [0.2, 0.25) is 5.02 Å². The van der Waals surface area contributed by atoms with Crippen LogP contribution in [-0.2, 0) is 4.79 Å². The third-order valence-corrected chi connectivity index (χ3v) is 2.70. The summed E-state index contributed by atoms with van der Waals surface area (Å²) in [6.45, 7) is 1.90. The Balaban J connectivity index is 2.69. The van der Waals surface area contributed by atoms with Crippen molar-refractivity contribution in [2.24, 2.45) is 5.73 Å². The molecule has 4 heteroatoms. The highest BCUT2D eigenvalue weighted by atomic mass is 35.5. The Bertz CT molecular complexity index is 366. The number of carbonyl (C=O) groups is 1. The molecule has 0 radical (unpaired) electrons. The number of benzene rings is 1. The van der Waals surface area contributed by atoms with E-state index < -0.39 is 5.97 Å². The summed E-state index contributed by atoms with van der Waals surface area (Å²) >= 11 is 5.88. The summed E-state index contributed by atoms with van der Waals surface area (Å²) in [6, 6.07) is 5.28. The number of aryl methyl sites for hydroxylation is 1. The molecule has 0 amide bonds. The first kappa shape index (κ1) is 12.0. The molecule has 1 unspecified atom stereocenters. The van der Waals surface area contributed by atoms with E-state index in [4.69, 9.17) is 22.4 Å². The number of carboxylic acids is 1. The fraction of sp³-hybridized carbons (Fsp3) is 0.364. The van der Waals surface area contributed by atoms with Crippen molar-refractivity contribution >= 4 is 17.6 Å². The van der Waals surface area contributed by atoms with Crippen LogP contribution >= 0.6 is 11.6 Å². The van der Waals surface area contributed by atoms with E-state index in [1.807, 2.05) is 19.1 Å². The Morgan fingerprint density at radius 3 is 2.80 bits per heavy atom. The van der Waals surface area contributed by atoms with E-state index in [1.54, 1.807) is 6.07 Å². The average Bonchev–Trinajstić information content (AvgIpc) is 2.18. The zero-order valence-corrected chi connectivity index (χ0v) is 9.29. The van der Waals surface area contributed by atoms with Gasteiger partial charge in [0.25, 0.3) is 0 Å². The fourth-order valence-corrected chi connectivity index (χ4v) is 1.46. The van der Waals surface area contributed by atoms with Crippen LogP contribution < -0.4 is 5.73 Å². The molecule has 0 spiro atoms. The van der Waals surface area contributed by atoms with Gasteiger partial charge in [-0.15, -0.1) is 0 Å². The van der Waals surface area contributed by atoms with Gasteiger partial charge in [-0.2, -0.15) is 0 Å². The second-order valence-corrected chi connectivity index (χ2v) is 3.95. The van der Waals surface area contributed by atoms with Crippen molar-refractivity contribution in [1.82, 2.24) is 0 Å². The van der Waals surface area contributed by atoms with Gasteiger partial charge in [0.1, 0.15) is 0 Å². The van der Waals surface area contributed by atoms with E-state index in [0.717, 1.165) is 11.1 Å². The van der Waals surface area contributed by atoms with Gasteiger partial charge in [-0.05, 0) is 30.5 Å². The SMILES string of the molecule is Cc1cc(C(N)CCC(=O)O)ccc1Cl. The van der Waals surface area contributed by atoms with Crippen molar-refractivity contribution < 1.29 is 9.90 Å². The molecule has 0 aromatic heterocycles. The van der Waals surface area contributed by atoms with E-state index in [0.29, 0.717) is 11.4 Å². The van der Waals surface area contributed by atoms with E-state index in [2.05, 4.69) is 0 Å². The second-order valence-electron chi connectivity index (χ2n) is 3.55. The summed E-state index contributed by atoms with van der Waals surface area (Å²) in [7, 11) is 0. The van der Waals surface area contributed by atoms with Gasteiger partial charge in [-0.3, -0.25) is 4.79 Å². The predicted molar refractivity (Wildman–Crippen MR) is 60.0 cm³/mol. The Labute approximate surface area is 93.9 Å². The van der Waals surface area contributed by atoms with Crippen LogP contribution in [-0.4, -0.2) is 11.1 Å². The Kier molecular flexibility index (Phi) is 4.12. The lowest BCUT2D eigenvalue weighted by Crippen LogP contribution is -2.12. The highest BCUT2D eigenvalue weighted by Gasteiger charge is 2.09. The van der Waals surface area contributed by atoms with Crippen LogP contribution in [0.1, 0.15) is 30.0 Å². The lowest BCUT2D eigenvalue weighted by Gasteiger charge is -2.11. The maximum atomic E-state index is 10.4. The molecule has 1 aromatic carbocycles. The van der Waals surface area contributed by atoms with Gasteiger partial charge in [0.05, 0.1) is 0 Å². The van der Waals surface area contributed by atoms with Crippen molar-refractivity contribution in [3.05, 3.63) is 34.3 Å². The average molecular weight is 228 g/mol. The lowest BCUT2D eigenvalue weighted by molar-refractivity contribution is -0.137. The van der Waals surface area contributed by atoms with Gasteiger partial charge >= 0.3 is 5.97 Å². The van der Waals surface area contributed by atoms with Gasteiger partial charge in [0.2, 0.25) is 0 Å². The number of rotatable bonds is 4. The molecule has 0 saturated carbocycles. The van der Waals surface area contributed by atoms with Crippen LogP contribution in [0.5, 0.6) is 0 Å². The summed E-state index contributed by atoms with van der Waals surface area (Å²) in [5, 5.41) is 9.23. The summed E-state index contributed by atoms with van der Waals surface area (Å²) in [6.07, 6.45) is 0.527. The minimum atomic E-state index is -0.823. The monoisotopic (exact) mass is 227 g/mol. The molecule has 0 bridgehead atoms. The summed E-state index contributed by atoms with van der Waals surface area (Å²) in [5.41, 5.74) is 7.74. The number of hydrogen-bond acceptors (Lipinski definition) is 2. The molecule has 0 heterocycles. The van der Waals surface area contributed by atoms with Gasteiger partial charge in [0.15, 0.2) is 0 Å². The second kappa shape index (κ2) is 5.14. The largest absolute Gasteiger partial charge is 0.481 e. The van der Waals surface area contributed by atoms with E-state index >= 15 is 0 Å².